The van der Waals surface area contributed by atoms with Crippen LogP contribution in [0.5, 0.6) is 0 Å². The first kappa shape index (κ1) is 14.6. The first-order chi connectivity index (χ1) is 9.49. The van der Waals surface area contributed by atoms with Gasteiger partial charge in [0.05, 0.1) is 12.5 Å². The molecule has 0 heterocycles. The Morgan fingerprint density at radius 2 is 1.60 bits per heavy atom. The maximum absolute atomic E-state index is 12.5. The quantitative estimate of drug-likeness (QED) is 0.766. The molecule has 1 unspecified atom stereocenters. The number of hydrogen-bond acceptors (Lipinski definition) is 1. The third-order valence-electron chi connectivity index (χ3n) is 3.07. The van der Waals surface area contributed by atoms with Gasteiger partial charge in [0.1, 0.15) is 0 Å². The molecule has 4 heteroatoms. The summed E-state index contributed by atoms with van der Waals surface area (Å²) in [6, 6.07) is 16.6. The Morgan fingerprint density at radius 3 is 2.20 bits per heavy atom. The Bertz CT molecular complexity index is 549. The van der Waals surface area contributed by atoms with E-state index >= 15 is 0 Å². The van der Waals surface area contributed by atoms with Crippen LogP contribution in [-0.4, -0.2) is 13.3 Å². The molecule has 0 aliphatic carbocycles. The van der Waals surface area contributed by atoms with E-state index in [2.05, 4.69) is 0 Å². The summed E-state index contributed by atoms with van der Waals surface area (Å²) >= 11 is 0. The summed E-state index contributed by atoms with van der Waals surface area (Å²) in [6.07, 6.45) is -6.20. The molecule has 0 saturated carbocycles. The molecule has 0 fully saturated rings. The van der Waals surface area contributed by atoms with Crippen molar-refractivity contribution in [3.63, 3.8) is 0 Å². The smallest absolute Gasteiger partial charge is 0.376 e. The van der Waals surface area contributed by atoms with Crippen LogP contribution in [0.15, 0.2) is 54.6 Å². The molecule has 0 amide bonds. The predicted molar refractivity (Wildman–Crippen MR) is 72.3 cm³/mol. The second-order valence-corrected chi connectivity index (χ2v) is 4.54. The minimum absolute atomic E-state index is 0.533. The average molecular weight is 280 g/mol. The van der Waals surface area contributed by atoms with Gasteiger partial charge < -0.3 is 4.74 Å². The minimum atomic E-state index is -4.25. The van der Waals surface area contributed by atoms with E-state index in [0.717, 1.165) is 11.1 Å². The van der Waals surface area contributed by atoms with Crippen LogP contribution in [0.3, 0.4) is 0 Å². The lowest BCUT2D eigenvalue weighted by Crippen LogP contribution is -2.15. The molecule has 0 radical (unpaired) electrons. The normalized spacial score (nSPS) is 13.2. The van der Waals surface area contributed by atoms with Crippen molar-refractivity contribution in [2.24, 2.45) is 0 Å². The van der Waals surface area contributed by atoms with E-state index in [9.17, 15) is 13.2 Å². The fraction of sp³-hybridized carbons (Fsp3) is 0.250. The highest BCUT2D eigenvalue weighted by atomic mass is 19.4. The second-order valence-electron chi connectivity index (χ2n) is 4.54. The lowest BCUT2D eigenvalue weighted by Gasteiger charge is -2.18. The van der Waals surface area contributed by atoms with Gasteiger partial charge in [0.15, 0.2) is 0 Å². The van der Waals surface area contributed by atoms with Gasteiger partial charge in [0.2, 0.25) is 0 Å². The van der Waals surface area contributed by atoms with E-state index < -0.39 is 18.7 Å². The van der Waals surface area contributed by atoms with Gasteiger partial charge >= 0.3 is 6.18 Å². The molecular weight excluding hydrogens is 265 g/mol. The van der Waals surface area contributed by atoms with Crippen LogP contribution < -0.4 is 0 Å². The highest BCUT2D eigenvalue weighted by Gasteiger charge is 2.32. The third-order valence-corrected chi connectivity index (χ3v) is 3.07. The molecule has 0 saturated heterocycles. The van der Waals surface area contributed by atoms with Gasteiger partial charge in [-0.15, -0.1) is 0 Å². The first-order valence-corrected chi connectivity index (χ1v) is 6.24. The van der Waals surface area contributed by atoms with Crippen molar-refractivity contribution in [3.8, 4) is 11.1 Å². The molecule has 20 heavy (non-hydrogen) atoms. The number of hydrogen-bond donors (Lipinski definition) is 0. The summed E-state index contributed by atoms with van der Waals surface area (Å²) in [5, 5.41) is 0. The number of methoxy groups -OCH3 is 1. The molecule has 1 atom stereocenters. The molecule has 0 bridgehead atoms. The molecule has 0 N–H and O–H groups in total. The number of ether oxygens (including phenoxy) is 1. The largest absolute Gasteiger partial charge is 0.391 e. The topological polar surface area (TPSA) is 9.23 Å². The van der Waals surface area contributed by atoms with Crippen LogP contribution in [0, 0.1) is 0 Å². The highest BCUT2D eigenvalue weighted by molar-refractivity contribution is 5.64. The van der Waals surface area contributed by atoms with Gasteiger partial charge in [-0.1, -0.05) is 48.5 Å². The molecule has 0 aromatic heterocycles. The Labute approximate surface area is 116 Å². The molecule has 2 rings (SSSR count). The van der Waals surface area contributed by atoms with E-state index in [4.69, 9.17) is 4.74 Å². The lowest BCUT2D eigenvalue weighted by molar-refractivity contribution is -0.158. The van der Waals surface area contributed by atoms with Crippen LogP contribution in [0.4, 0.5) is 13.2 Å². The van der Waals surface area contributed by atoms with Crippen LogP contribution >= 0.6 is 0 Å². The average Bonchev–Trinajstić information content (AvgIpc) is 2.45. The van der Waals surface area contributed by atoms with Gasteiger partial charge in [-0.05, 0) is 22.8 Å². The van der Waals surface area contributed by atoms with E-state index in [-0.39, 0.29) is 0 Å². The van der Waals surface area contributed by atoms with Gasteiger partial charge in [-0.25, -0.2) is 0 Å². The SMILES string of the molecule is COC(CC(F)(F)F)c1cccc(-c2ccccc2)c1. The minimum Gasteiger partial charge on any atom is -0.376 e. The Kier molecular flexibility index (Phi) is 4.45. The van der Waals surface area contributed by atoms with Gasteiger partial charge in [0, 0.05) is 7.11 Å². The van der Waals surface area contributed by atoms with Crippen molar-refractivity contribution in [2.75, 3.05) is 7.11 Å². The maximum Gasteiger partial charge on any atom is 0.391 e. The molecule has 0 spiro atoms. The maximum atomic E-state index is 12.5. The molecule has 106 valence electrons. The highest BCUT2D eigenvalue weighted by Crippen LogP contribution is 2.33. The zero-order valence-corrected chi connectivity index (χ0v) is 11.0. The zero-order valence-electron chi connectivity index (χ0n) is 11.0. The number of rotatable bonds is 4. The monoisotopic (exact) mass is 280 g/mol. The summed E-state index contributed by atoms with van der Waals surface area (Å²) in [7, 11) is 1.30. The van der Waals surface area contributed by atoms with Crippen molar-refractivity contribution in [1.82, 2.24) is 0 Å². The number of alkyl halides is 3. The fourth-order valence-electron chi connectivity index (χ4n) is 2.10. The van der Waals surface area contributed by atoms with E-state index in [0.29, 0.717) is 5.56 Å². The molecular formula is C16H15F3O. The summed E-state index contributed by atoms with van der Waals surface area (Å²) in [5.41, 5.74) is 2.38. The summed E-state index contributed by atoms with van der Waals surface area (Å²) in [6.45, 7) is 0. The number of benzene rings is 2. The Balaban J connectivity index is 2.29. The summed E-state index contributed by atoms with van der Waals surface area (Å²) in [5.74, 6) is 0. The van der Waals surface area contributed by atoms with E-state index in [1.807, 2.05) is 36.4 Å². The van der Waals surface area contributed by atoms with Crippen molar-refractivity contribution in [3.05, 3.63) is 60.2 Å². The van der Waals surface area contributed by atoms with Crippen molar-refractivity contribution in [2.45, 2.75) is 18.7 Å². The predicted octanol–water partition coefficient (Wildman–Crippen LogP) is 4.99. The van der Waals surface area contributed by atoms with Crippen LogP contribution in [0.1, 0.15) is 18.1 Å². The standard InChI is InChI=1S/C16H15F3O/c1-20-15(11-16(17,18)19)14-9-5-8-13(10-14)12-6-3-2-4-7-12/h2-10,15H,11H2,1H3. The molecule has 2 aromatic carbocycles. The van der Waals surface area contributed by atoms with Crippen LogP contribution in [0.2, 0.25) is 0 Å². The zero-order chi connectivity index (χ0) is 14.6. The molecule has 1 nitrogen and oxygen atoms in total. The second kappa shape index (κ2) is 6.09. The Morgan fingerprint density at radius 1 is 0.950 bits per heavy atom. The lowest BCUT2D eigenvalue weighted by atomic mass is 9.99. The van der Waals surface area contributed by atoms with Crippen molar-refractivity contribution < 1.29 is 17.9 Å². The molecule has 2 aromatic rings. The summed E-state index contributed by atoms with van der Waals surface area (Å²) in [4.78, 5) is 0. The third kappa shape index (κ3) is 3.84. The number of halogens is 3. The summed E-state index contributed by atoms with van der Waals surface area (Å²) < 4.78 is 42.5. The first-order valence-electron chi connectivity index (χ1n) is 6.24. The van der Waals surface area contributed by atoms with Crippen LogP contribution in [0.25, 0.3) is 11.1 Å². The van der Waals surface area contributed by atoms with Gasteiger partial charge in [0.25, 0.3) is 0 Å². The van der Waals surface area contributed by atoms with Crippen molar-refractivity contribution in [1.29, 1.82) is 0 Å². The van der Waals surface area contributed by atoms with Crippen LogP contribution in [-0.2, 0) is 4.74 Å². The fourth-order valence-corrected chi connectivity index (χ4v) is 2.10. The van der Waals surface area contributed by atoms with E-state index in [1.165, 1.54) is 7.11 Å². The van der Waals surface area contributed by atoms with Gasteiger partial charge in [-0.3, -0.25) is 0 Å². The Hall–Kier alpha value is -1.81. The van der Waals surface area contributed by atoms with Gasteiger partial charge in [-0.2, -0.15) is 13.2 Å². The molecule has 0 aliphatic rings. The van der Waals surface area contributed by atoms with E-state index in [1.54, 1.807) is 18.2 Å². The van der Waals surface area contributed by atoms with Crippen molar-refractivity contribution >= 4 is 0 Å². The molecule has 0 aliphatic heterocycles.